The van der Waals surface area contributed by atoms with Crippen LogP contribution in [0.1, 0.15) is 40.0 Å². The second-order valence-corrected chi connectivity index (χ2v) is 12.3. The number of alkyl carbamates (subject to hydrolysis) is 1. The lowest BCUT2D eigenvalue weighted by atomic mass is 10.1. The van der Waals surface area contributed by atoms with Gasteiger partial charge in [0.25, 0.3) is 0 Å². The number of fused-ring (bicyclic) bond motifs is 2. The van der Waals surface area contributed by atoms with Gasteiger partial charge in [0.15, 0.2) is 0 Å². The predicted octanol–water partition coefficient (Wildman–Crippen LogP) is 1.21. The number of piperazine rings is 1. The maximum atomic E-state index is 13.7. The molecular formula is C24H30FN5O6S. The van der Waals surface area contributed by atoms with E-state index in [2.05, 4.69) is 11.4 Å². The van der Waals surface area contributed by atoms with Gasteiger partial charge in [-0.3, -0.25) is 9.59 Å². The van der Waals surface area contributed by atoms with Gasteiger partial charge in [-0.15, -0.1) is 0 Å². The second kappa shape index (κ2) is 9.90. The molecule has 3 heterocycles. The molecule has 0 spiro atoms. The van der Waals surface area contributed by atoms with Crippen molar-refractivity contribution in [2.45, 2.75) is 74.7 Å². The van der Waals surface area contributed by atoms with Crippen LogP contribution in [0.4, 0.5) is 9.18 Å². The number of ether oxygens (including phenoxy) is 1. The lowest BCUT2D eigenvalue weighted by Crippen LogP contribution is -2.59. The lowest BCUT2D eigenvalue weighted by Gasteiger charge is -2.36. The number of halogens is 1. The van der Waals surface area contributed by atoms with E-state index in [-0.39, 0.29) is 24.4 Å². The number of rotatable bonds is 6. The van der Waals surface area contributed by atoms with Gasteiger partial charge in [0.05, 0.1) is 17.5 Å². The summed E-state index contributed by atoms with van der Waals surface area (Å²) in [4.78, 5) is 41.7. The second-order valence-electron chi connectivity index (χ2n) is 10.4. The number of amides is 3. The third kappa shape index (κ3) is 5.40. The van der Waals surface area contributed by atoms with Gasteiger partial charge in [0, 0.05) is 19.1 Å². The van der Waals surface area contributed by atoms with Crippen LogP contribution < -0.4 is 5.32 Å². The number of nitriles is 1. The molecule has 3 saturated heterocycles. The molecule has 3 aliphatic rings. The van der Waals surface area contributed by atoms with Crippen LogP contribution >= 0.6 is 0 Å². The molecule has 1 aromatic rings. The molecule has 4 atom stereocenters. The minimum Gasteiger partial charge on any atom is -0.444 e. The molecule has 11 nitrogen and oxygen atoms in total. The van der Waals surface area contributed by atoms with Crippen LogP contribution in [0.3, 0.4) is 0 Å². The fourth-order valence-corrected chi connectivity index (χ4v) is 6.73. The van der Waals surface area contributed by atoms with E-state index >= 15 is 0 Å². The first-order chi connectivity index (χ1) is 17.3. The number of nitrogens with one attached hydrogen (secondary N) is 1. The summed E-state index contributed by atoms with van der Waals surface area (Å²) in [5.41, 5.74) is -0.825. The molecule has 4 rings (SSSR count). The Bertz CT molecular complexity index is 1240. The normalized spacial score (nSPS) is 24.7. The summed E-state index contributed by atoms with van der Waals surface area (Å²) in [7, 11) is -4.11. The molecule has 3 fully saturated rings. The molecule has 3 aliphatic heterocycles. The van der Waals surface area contributed by atoms with E-state index in [9.17, 15) is 32.5 Å². The zero-order chi connectivity index (χ0) is 27.1. The maximum absolute atomic E-state index is 13.7. The zero-order valence-corrected chi connectivity index (χ0v) is 21.7. The van der Waals surface area contributed by atoms with E-state index in [1.807, 2.05) is 0 Å². The first kappa shape index (κ1) is 26.8. The van der Waals surface area contributed by atoms with Crippen LogP contribution in [0.15, 0.2) is 29.2 Å². The molecule has 37 heavy (non-hydrogen) atoms. The quantitative estimate of drug-likeness (QED) is 0.577. The number of nitrogens with zero attached hydrogens (tertiary/aromatic N) is 4. The smallest absolute Gasteiger partial charge is 0.408 e. The molecule has 200 valence electrons. The number of hydrogen-bond acceptors (Lipinski definition) is 7. The Morgan fingerprint density at radius 3 is 2.68 bits per heavy atom. The van der Waals surface area contributed by atoms with Crippen LogP contribution in [0, 0.1) is 17.1 Å². The van der Waals surface area contributed by atoms with Crippen molar-refractivity contribution < 1.29 is 31.9 Å². The minimum absolute atomic E-state index is 0.0207. The summed E-state index contributed by atoms with van der Waals surface area (Å²) in [6.45, 7) is 5.15. The first-order valence-electron chi connectivity index (χ1n) is 12.1. The zero-order valence-electron chi connectivity index (χ0n) is 20.9. The van der Waals surface area contributed by atoms with Crippen molar-refractivity contribution in [3.8, 4) is 6.07 Å². The van der Waals surface area contributed by atoms with Crippen LogP contribution in [0.2, 0.25) is 0 Å². The Morgan fingerprint density at radius 1 is 1.32 bits per heavy atom. The molecule has 0 saturated carbocycles. The number of sulfonamides is 1. The van der Waals surface area contributed by atoms with Crippen LogP contribution in [0.25, 0.3) is 0 Å². The van der Waals surface area contributed by atoms with Gasteiger partial charge in [-0.25, -0.2) is 17.6 Å². The van der Waals surface area contributed by atoms with Gasteiger partial charge in [-0.2, -0.15) is 9.57 Å². The third-order valence-electron chi connectivity index (χ3n) is 6.70. The average molecular weight is 536 g/mol. The maximum Gasteiger partial charge on any atom is 0.408 e. The van der Waals surface area contributed by atoms with Gasteiger partial charge in [0.1, 0.15) is 29.5 Å². The summed E-state index contributed by atoms with van der Waals surface area (Å²) in [6.07, 6.45) is 0.529. The van der Waals surface area contributed by atoms with Gasteiger partial charge in [0.2, 0.25) is 21.8 Å². The minimum atomic E-state index is -4.11. The summed E-state index contributed by atoms with van der Waals surface area (Å²) in [5.74, 6) is -1.71. The van der Waals surface area contributed by atoms with Crippen molar-refractivity contribution in [3.63, 3.8) is 0 Å². The summed E-state index contributed by atoms with van der Waals surface area (Å²) in [5, 5.41) is 12.0. The summed E-state index contributed by atoms with van der Waals surface area (Å²) in [6, 6.07) is 3.36. The summed E-state index contributed by atoms with van der Waals surface area (Å²) >= 11 is 0. The van der Waals surface area contributed by atoms with Crippen molar-refractivity contribution in [3.05, 3.63) is 30.1 Å². The van der Waals surface area contributed by atoms with Crippen molar-refractivity contribution in [1.82, 2.24) is 19.4 Å². The Hall–Kier alpha value is -3.24. The van der Waals surface area contributed by atoms with E-state index in [1.54, 1.807) is 20.8 Å². The molecular weight excluding hydrogens is 505 g/mol. The highest BCUT2D eigenvalue weighted by atomic mass is 32.2. The number of benzene rings is 1. The Morgan fingerprint density at radius 2 is 2.05 bits per heavy atom. The van der Waals surface area contributed by atoms with Crippen LogP contribution in [0.5, 0.6) is 0 Å². The highest BCUT2D eigenvalue weighted by Crippen LogP contribution is 2.36. The van der Waals surface area contributed by atoms with Gasteiger partial charge < -0.3 is 19.9 Å². The Balaban J connectivity index is 1.52. The fraction of sp³-hybridized carbons (Fsp3) is 0.583. The Kier molecular flexibility index (Phi) is 7.18. The topological polar surface area (TPSA) is 140 Å². The number of hydrogen-bond donors (Lipinski definition) is 1. The molecule has 0 aromatic heterocycles. The molecule has 1 aromatic carbocycles. The lowest BCUT2D eigenvalue weighted by molar-refractivity contribution is -0.138. The van der Waals surface area contributed by atoms with E-state index in [0.29, 0.717) is 19.4 Å². The van der Waals surface area contributed by atoms with Crippen LogP contribution in [-0.2, 0) is 24.3 Å². The van der Waals surface area contributed by atoms with E-state index in [1.165, 1.54) is 21.9 Å². The van der Waals surface area contributed by atoms with E-state index in [4.69, 9.17) is 4.74 Å². The number of carbonyl (C=O) groups excluding carboxylic acids is 3. The molecule has 0 aliphatic carbocycles. The molecule has 0 radical (unpaired) electrons. The van der Waals surface area contributed by atoms with E-state index in [0.717, 1.165) is 16.4 Å². The first-order valence-corrected chi connectivity index (χ1v) is 13.5. The van der Waals surface area contributed by atoms with E-state index < -0.39 is 63.5 Å². The largest absolute Gasteiger partial charge is 0.444 e. The standard InChI is InChI=1S/C24H30FN5O6S/c1-24(2,3)36-23(33)27-19(21(31)28-9-5-7-16(28)12-26)14-29-17-11-20(22(29)32)30(13-17)37(34,35)18-8-4-6-15(25)10-18/h4,6,8,10,16-17,19-20H,5,7,9,11,13-14H2,1-3H3,(H,27,33)/t16-,17-,19-,20-/m0/s1. The van der Waals surface area contributed by atoms with Crippen molar-refractivity contribution in [1.29, 1.82) is 5.26 Å². The number of likely N-dealkylation sites (tertiary alicyclic amines) is 2. The summed E-state index contributed by atoms with van der Waals surface area (Å²) < 4.78 is 46.2. The Labute approximate surface area is 215 Å². The van der Waals surface area contributed by atoms with Gasteiger partial charge in [-0.05, 0) is 58.2 Å². The van der Waals surface area contributed by atoms with Crippen LogP contribution in [-0.4, -0.2) is 89.8 Å². The fourth-order valence-electron chi connectivity index (χ4n) is 5.07. The highest BCUT2D eigenvalue weighted by molar-refractivity contribution is 7.89. The number of carbonyl (C=O) groups is 3. The monoisotopic (exact) mass is 535 g/mol. The third-order valence-corrected chi connectivity index (χ3v) is 8.57. The molecule has 13 heteroatoms. The SMILES string of the molecule is CC(C)(C)OC(=O)N[C@@H](CN1C(=O)[C@@H]2C[C@H]1CN2S(=O)(=O)c1cccc(F)c1)C(=O)N1CCC[C@H]1C#N. The van der Waals surface area contributed by atoms with Crippen molar-refractivity contribution in [2.24, 2.45) is 0 Å². The highest BCUT2D eigenvalue weighted by Gasteiger charge is 2.54. The molecule has 0 unspecified atom stereocenters. The molecule has 2 bridgehead atoms. The molecule has 3 amide bonds. The van der Waals surface area contributed by atoms with Gasteiger partial charge in [-0.1, -0.05) is 6.07 Å². The van der Waals surface area contributed by atoms with Crippen molar-refractivity contribution in [2.75, 3.05) is 19.6 Å². The predicted molar refractivity (Wildman–Crippen MR) is 128 cm³/mol. The van der Waals surface area contributed by atoms with Gasteiger partial charge >= 0.3 is 6.09 Å². The molecule has 1 N–H and O–H groups in total. The average Bonchev–Trinajstić information content (AvgIpc) is 3.53. The van der Waals surface area contributed by atoms with Crippen molar-refractivity contribution >= 4 is 27.9 Å².